The van der Waals surface area contributed by atoms with Crippen molar-refractivity contribution in [1.29, 1.82) is 0 Å². The zero-order chi connectivity index (χ0) is 22.9. The van der Waals surface area contributed by atoms with Crippen LogP contribution in [-0.4, -0.2) is 71.5 Å². The highest BCUT2D eigenvalue weighted by Gasteiger charge is 2.45. The van der Waals surface area contributed by atoms with Gasteiger partial charge < -0.3 is 31.3 Å². The van der Waals surface area contributed by atoms with Crippen LogP contribution >= 0.6 is 7.75 Å². The Balaban J connectivity index is 1.66. The summed E-state index contributed by atoms with van der Waals surface area (Å²) >= 11 is 0. The van der Waals surface area contributed by atoms with Crippen LogP contribution in [0.3, 0.4) is 0 Å². The molecule has 14 nitrogen and oxygen atoms in total. The summed E-state index contributed by atoms with van der Waals surface area (Å²) < 4.78 is 24.1. The number of rotatable bonds is 8. The van der Waals surface area contributed by atoms with Gasteiger partial charge in [0.15, 0.2) is 17.7 Å². The Hall–Kier alpha value is -2.19. The van der Waals surface area contributed by atoms with E-state index in [1.165, 1.54) is 17.2 Å². The maximum Gasteiger partial charge on any atom is 0.432 e. The minimum atomic E-state index is -4.59. The molecule has 7 atom stereocenters. The highest BCUT2D eigenvalue weighted by molar-refractivity contribution is 7.51. The van der Waals surface area contributed by atoms with Gasteiger partial charge in [-0.3, -0.25) is 19.0 Å². The van der Waals surface area contributed by atoms with Crippen LogP contribution in [0.2, 0.25) is 0 Å². The molecule has 0 radical (unpaired) electrons. The largest absolute Gasteiger partial charge is 0.432 e. The number of carbonyl (C=O) groups excluding carboxylic acids is 1. The smallest absolute Gasteiger partial charge is 0.387 e. The number of aromatic nitrogens is 4. The molecule has 1 aliphatic heterocycles. The van der Waals surface area contributed by atoms with Crippen LogP contribution in [0.15, 0.2) is 12.7 Å². The van der Waals surface area contributed by atoms with Gasteiger partial charge in [-0.15, -0.1) is 0 Å². The van der Waals surface area contributed by atoms with Crippen molar-refractivity contribution in [3.05, 3.63) is 12.7 Å². The van der Waals surface area contributed by atoms with Crippen LogP contribution in [0, 0.1) is 5.92 Å². The fourth-order valence-corrected chi connectivity index (χ4v) is 3.93. The molecule has 1 unspecified atom stereocenters. The molecule has 8 N–H and O–H groups in total. The van der Waals surface area contributed by atoms with E-state index in [-0.39, 0.29) is 22.9 Å². The van der Waals surface area contributed by atoms with Crippen molar-refractivity contribution in [3.63, 3.8) is 0 Å². The van der Waals surface area contributed by atoms with Gasteiger partial charge in [-0.2, -0.15) is 0 Å². The molecule has 0 bridgehead atoms. The molecule has 3 heterocycles. The third-order valence-corrected chi connectivity index (χ3v) is 6.23. The van der Waals surface area contributed by atoms with Gasteiger partial charge in [-0.1, -0.05) is 20.3 Å². The highest BCUT2D eigenvalue weighted by atomic mass is 31.2. The maximum absolute atomic E-state index is 12.2. The van der Waals surface area contributed by atoms with E-state index in [4.69, 9.17) is 20.7 Å². The van der Waals surface area contributed by atoms with E-state index in [0.29, 0.717) is 6.42 Å². The second-order valence-corrected chi connectivity index (χ2v) is 8.86. The van der Waals surface area contributed by atoms with E-state index in [9.17, 15) is 24.5 Å². The predicted molar refractivity (Wildman–Crippen MR) is 107 cm³/mol. The van der Waals surface area contributed by atoms with Crippen molar-refractivity contribution in [2.45, 2.75) is 50.8 Å². The van der Waals surface area contributed by atoms with Crippen molar-refractivity contribution >= 4 is 30.6 Å². The topological polar surface area (TPSA) is 221 Å². The Bertz CT molecular complexity index is 988. The van der Waals surface area contributed by atoms with Crippen molar-refractivity contribution < 1.29 is 33.7 Å². The molecule has 0 spiro atoms. The number of nitrogen functional groups attached to an aromatic ring is 1. The van der Waals surface area contributed by atoms with Gasteiger partial charge in [-0.05, 0) is 5.92 Å². The van der Waals surface area contributed by atoms with Crippen LogP contribution in [0.5, 0.6) is 0 Å². The fourth-order valence-electron chi connectivity index (χ4n) is 3.09. The van der Waals surface area contributed by atoms with Gasteiger partial charge in [0, 0.05) is 0 Å². The maximum atomic E-state index is 12.2. The molecule has 0 saturated carbocycles. The fraction of sp³-hybridized carbons (Fsp3) is 0.625. The summed E-state index contributed by atoms with van der Waals surface area (Å²) in [6.07, 6.45) is -2.05. The van der Waals surface area contributed by atoms with Gasteiger partial charge in [0.1, 0.15) is 30.2 Å². The molecule has 1 saturated heterocycles. The Morgan fingerprint density at radius 3 is 2.77 bits per heavy atom. The molecule has 3 rings (SSSR count). The monoisotopic (exact) mass is 459 g/mol. The summed E-state index contributed by atoms with van der Waals surface area (Å²) in [4.78, 5) is 33.9. The normalized spacial score (nSPS) is 27.7. The van der Waals surface area contributed by atoms with Gasteiger partial charge in [0.05, 0.1) is 19.0 Å². The molecule has 1 aliphatic rings. The number of anilines is 1. The summed E-state index contributed by atoms with van der Waals surface area (Å²) in [6.45, 7) is 2.97. The van der Waals surface area contributed by atoms with Crippen LogP contribution in [-0.2, 0) is 18.6 Å². The summed E-state index contributed by atoms with van der Waals surface area (Å²) in [5, 5.41) is 22.6. The number of nitrogens with one attached hydrogen (secondary N) is 1. The Morgan fingerprint density at radius 2 is 2.10 bits per heavy atom. The number of aliphatic hydroxyl groups is 2. The van der Waals surface area contributed by atoms with Gasteiger partial charge >= 0.3 is 7.75 Å². The second-order valence-electron chi connectivity index (χ2n) is 7.33. The van der Waals surface area contributed by atoms with E-state index < -0.39 is 50.8 Å². The molecular formula is C16H26N7O7P. The van der Waals surface area contributed by atoms with Gasteiger partial charge in [-0.25, -0.2) is 19.5 Å². The lowest BCUT2D eigenvalue weighted by Gasteiger charge is -2.21. The van der Waals surface area contributed by atoms with Crippen LogP contribution < -0.4 is 16.6 Å². The van der Waals surface area contributed by atoms with E-state index in [2.05, 4.69) is 15.0 Å². The predicted octanol–water partition coefficient (Wildman–Crippen LogP) is -1.37. The van der Waals surface area contributed by atoms with Crippen molar-refractivity contribution in [2.75, 3.05) is 12.3 Å². The lowest BCUT2D eigenvalue weighted by molar-refractivity contribution is -0.122. The van der Waals surface area contributed by atoms with Crippen LogP contribution in [0.25, 0.3) is 11.2 Å². The average molecular weight is 459 g/mol. The number of nitrogens with zero attached hydrogens (tertiary/aromatic N) is 4. The Labute approximate surface area is 177 Å². The quantitative estimate of drug-likeness (QED) is 0.252. The summed E-state index contributed by atoms with van der Waals surface area (Å²) in [5.41, 5.74) is 12.0. The Kier molecular flexibility index (Phi) is 6.91. The zero-order valence-electron chi connectivity index (χ0n) is 16.9. The van der Waals surface area contributed by atoms with E-state index in [1.54, 1.807) is 6.92 Å². The number of imidazole rings is 1. The van der Waals surface area contributed by atoms with Crippen molar-refractivity contribution in [2.24, 2.45) is 11.7 Å². The van der Waals surface area contributed by atoms with Crippen LogP contribution in [0.4, 0.5) is 5.82 Å². The molecule has 0 aromatic carbocycles. The molecule has 31 heavy (non-hydrogen) atoms. The molecule has 1 fully saturated rings. The van der Waals surface area contributed by atoms with Crippen LogP contribution in [0.1, 0.15) is 26.5 Å². The lowest BCUT2D eigenvalue weighted by atomic mass is 10.00. The number of nitrogens with two attached hydrogens (primary N) is 2. The number of aliphatic hydroxyl groups excluding tert-OH is 2. The molecule has 2 aromatic heterocycles. The molecule has 2 aromatic rings. The molecule has 15 heteroatoms. The summed E-state index contributed by atoms with van der Waals surface area (Å²) in [7, 11) is -4.59. The first-order valence-corrected chi connectivity index (χ1v) is 11.1. The van der Waals surface area contributed by atoms with E-state index >= 15 is 0 Å². The molecule has 1 amide bonds. The van der Waals surface area contributed by atoms with E-state index in [0.717, 1.165) is 0 Å². The first-order chi connectivity index (χ1) is 14.6. The van der Waals surface area contributed by atoms with Crippen molar-refractivity contribution in [3.8, 4) is 0 Å². The third-order valence-electron chi connectivity index (χ3n) is 5.22. The number of ether oxygens (including phenoxy) is 1. The summed E-state index contributed by atoms with van der Waals surface area (Å²) in [5.74, 6) is -0.920. The minimum Gasteiger partial charge on any atom is -0.387 e. The summed E-state index contributed by atoms with van der Waals surface area (Å²) in [6, 6.07) is -0.988. The van der Waals surface area contributed by atoms with Gasteiger partial charge in [0.25, 0.3) is 0 Å². The lowest BCUT2D eigenvalue weighted by Crippen LogP contribution is -2.43. The number of carbonyl (C=O) groups is 1. The standard InChI is InChI=1S/C16H26N7O7P/c1-3-7(2)9(17)15(26)22-31(27,28)29-4-8-11(24)12(25)16(30-8)23-6-21-10-13(18)19-5-20-14(10)23/h5-9,11-12,16,24-25H,3-4,17H2,1-2H3,(H2,18,19,20)(H2,22,26,27,28)/t7-,8+,9-,11+,12+,16+/m0/s1. The molecular weight excluding hydrogens is 433 g/mol. The zero-order valence-corrected chi connectivity index (χ0v) is 17.8. The first kappa shape index (κ1) is 23.5. The van der Waals surface area contributed by atoms with Gasteiger partial charge in [0.2, 0.25) is 5.91 Å². The number of hydrogen-bond acceptors (Lipinski definition) is 11. The Morgan fingerprint density at radius 1 is 1.39 bits per heavy atom. The average Bonchev–Trinajstić information content (AvgIpc) is 3.27. The number of amides is 1. The SMILES string of the molecule is CC[C@H](C)[C@H](N)C(=O)NP(=O)(O)OC[C@H]1O[C@@H](n2cnc3c(N)ncnc32)[C@H](O)[C@@H]1O. The molecule has 172 valence electrons. The van der Waals surface area contributed by atoms with E-state index in [1.807, 2.05) is 12.0 Å². The number of hydrogen-bond donors (Lipinski definition) is 6. The highest BCUT2D eigenvalue weighted by Crippen LogP contribution is 2.39. The first-order valence-electron chi connectivity index (χ1n) is 9.55. The molecule has 0 aliphatic carbocycles. The van der Waals surface area contributed by atoms with Crippen molar-refractivity contribution in [1.82, 2.24) is 24.6 Å². The third kappa shape index (κ3) is 4.85. The second kappa shape index (κ2) is 9.12. The minimum absolute atomic E-state index is 0.129. The number of fused-ring (bicyclic) bond motifs is 1.